The van der Waals surface area contributed by atoms with Crippen molar-refractivity contribution >= 4 is 5.91 Å². The minimum atomic E-state index is -0.975. The minimum absolute atomic E-state index is 0.107. The third kappa shape index (κ3) is 4.87. The number of likely N-dealkylation sites (tertiary alicyclic amines) is 1. The lowest BCUT2D eigenvalue weighted by Crippen LogP contribution is -2.50. The lowest BCUT2D eigenvalue weighted by atomic mass is 9.89. The Hall–Kier alpha value is -2.25. The molecule has 0 spiro atoms. The van der Waals surface area contributed by atoms with E-state index in [1.807, 2.05) is 25.2 Å². The van der Waals surface area contributed by atoms with Crippen LogP contribution in [0.2, 0.25) is 0 Å². The fourth-order valence-electron chi connectivity index (χ4n) is 3.33. The Kier molecular flexibility index (Phi) is 5.45. The minimum Gasteiger partial charge on any atom is -0.388 e. The number of hydrogen-bond acceptors (Lipinski definition) is 5. The maximum atomic E-state index is 12.2. The summed E-state index contributed by atoms with van der Waals surface area (Å²) in [5.41, 5.74) is 0.246. The van der Waals surface area contributed by atoms with Gasteiger partial charge in [0.25, 0.3) is 0 Å². The van der Waals surface area contributed by atoms with Gasteiger partial charge in [0.05, 0.1) is 18.6 Å². The highest BCUT2D eigenvalue weighted by molar-refractivity contribution is 5.77. The van der Waals surface area contributed by atoms with E-state index in [1.54, 1.807) is 10.9 Å². The number of carbonyl (C=O) groups excluding carboxylic acids is 1. The van der Waals surface area contributed by atoms with Crippen molar-refractivity contribution in [2.24, 2.45) is 7.05 Å². The van der Waals surface area contributed by atoms with Crippen LogP contribution in [0.5, 0.6) is 0 Å². The summed E-state index contributed by atoms with van der Waals surface area (Å²) < 4.78 is 1.76. The van der Waals surface area contributed by atoms with Crippen LogP contribution < -0.4 is 5.32 Å². The quantitative estimate of drug-likeness (QED) is 0.812. The van der Waals surface area contributed by atoms with Crippen LogP contribution in [-0.2, 0) is 24.9 Å². The predicted molar refractivity (Wildman–Crippen MR) is 93.4 cm³/mol. The topological polar surface area (TPSA) is 83.3 Å². The number of β-amino-alcohol motifs (C(OH)–C–C–N with tert-alkyl or cyclic N) is 1. The average molecular weight is 343 g/mol. The molecule has 1 aromatic heterocycles. The first-order chi connectivity index (χ1) is 12.0. The molecular weight excluding hydrogens is 318 g/mol. The molecule has 1 amide bonds. The summed E-state index contributed by atoms with van der Waals surface area (Å²) in [6.07, 6.45) is 3.24. The van der Waals surface area contributed by atoms with Crippen LogP contribution >= 0.6 is 0 Å². The molecule has 1 aliphatic rings. The highest BCUT2D eigenvalue weighted by Gasteiger charge is 2.35. The number of rotatable bonds is 6. The van der Waals surface area contributed by atoms with Gasteiger partial charge >= 0.3 is 0 Å². The highest BCUT2D eigenvalue weighted by atomic mass is 16.3. The van der Waals surface area contributed by atoms with E-state index in [-0.39, 0.29) is 12.3 Å². The van der Waals surface area contributed by atoms with Crippen LogP contribution in [0, 0.1) is 0 Å². The van der Waals surface area contributed by atoms with E-state index in [0.29, 0.717) is 25.3 Å². The number of carbonyl (C=O) groups is 1. The molecule has 1 aliphatic heterocycles. The first kappa shape index (κ1) is 17.6. The number of aromatic nitrogens is 3. The van der Waals surface area contributed by atoms with Crippen LogP contribution in [0.15, 0.2) is 36.7 Å². The van der Waals surface area contributed by atoms with Gasteiger partial charge in [0.2, 0.25) is 5.91 Å². The van der Waals surface area contributed by atoms with Crippen LogP contribution in [0.4, 0.5) is 0 Å². The molecule has 1 fully saturated rings. The van der Waals surface area contributed by atoms with Crippen molar-refractivity contribution in [3.05, 3.63) is 48.0 Å². The molecule has 0 bridgehead atoms. The molecule has 0 aliphatic carbocycles. The van der Waals surface area contributed by atoms with E-state index < -0.39 is 5.60 Å². The largest absolute Gasteiger partial charge is 0.388 e. The molecular formula is C18H25N5O2. The predicted octanol–water partition coefficient (Wildman–Crippen LogP) is 0.849. The third-order valence-corrected chi connectivity index (χ3v) is 4.62. The number of aliphatic hydroxyl groups is 1. The second kappa shape index (κ2) is 7.76. The Morgan fingerprint density at radius 3 is 2.88 bits per heavy atom. The van der Waals surface area contributed by atoms with Gasteiger partial charge in [0, 0.05) is 20.1 Å². The van der Waals surface area contributed by atoms with E-state index >= 15 is 0 Å². The van der Waals surface area contributed by atoms with Gasteiger partial charge in [-0.15, -0.1) is 10.2 Å². The monoisotopic (exact) mass is 343 g/mol. The van der Waals surface area contributed by atoms with Crippen molar-refractivity contribution in [1.29, 1.82) is 0 Å². The summed E-state index contributed by atoms with van der Waals surface area (Å²) in [6.45, 7) is 2.57. The molecule has 2 heterocycles. The Morgan fingerprint density at radius 2 is 2.16 bits per heavy atom. The van der Waals surface area contributed by atoms with Gasteiger partial charge in [-0.2, -0.15) is 0 Å². The molecule has 1 unspecified atom stereocenters. The van der Waals surface area contributed by atoms with Crippen molar-refractivity contribution in [3.8, 4) is 0 Å². The van der Waals surface area contributed by atoms with Crippen LogP contribution in [0.1, 0.15) is 30.7 Å². The zero-order chi connectivity index (χ0) is 17.7. The van der Waals surface area contributed by atoms with Crippen molar-refractivity contribution in [1.82, 2.24) is 25.0 Å². The standard InChI is InChI=1S/C18H25N5O2/c1-22-14-20-21-16(22)11-19-17(24)10-18(25)8-5-9-23(13-18)12-15-6-3-2-4-7-15/h2-4,6-7,14,25H,5,8-13H2,1H3,(H,19,24). The molecule has 7 heteroatoms. The zero-order valence-electron chi connectivity index (χ0n) is 14.6. The van der Waals surface area contributed by atoms with Gasteiger partial charge in [-0.3, -0.25) is 9.69 Å². The first-order valence-electron chi connectivity index (χ1n) is 8.62. The first-order valence-corrected chi connectivity index (χ1v) is 8.62. The van der Waals surface area contributed by atoms with Crippen molar-refractivity contribution in [2.75, 3.05) is 13.1 Å². The number of nitrogens with one attached hydrogen (secondary N) is 1. The van der Waals surface area contributed by atoms with Crippen molar-refractivity contribution < 1.29 is 9.90 Å². The summed E-state index contributed by atoms with van der Waals surface area (Å²) >= 11 is 0. The lowest BCUT2D eigenvalue weighted by Gasteiger charge is -2.39. The van der Waals surface area contributed by atoms with Crippen molar-refractivity contribution in [3.63, 3.8) is 0 Å². The van der Waals surface area contributed by atoms with E-state index in [9.17, 15) is 9.90 Å². The molecule has 134 valence electrons. The Morgan fingerprint density at radius 1 is 1.36 bits per heavy atom. The number of amides is 1. The number of aryl methyl sites for hydroxylation is 1. The SMILES string of the molecule is Cn1cnnc1CNC(=O)CC1(O)CCCN(Cc2ccccc2)C1. The summed E-state index contributed by atoms with van der Waals surface area (Å²) in [7, 11) is 1.83. The second-order valence-corrected chi connectivity index (χ2v) is 6.84. The molecule has 2 N–H and O–H groups in total. The summed E-state index contributed by atoms with van der Waals surface area (Å²) in [6, 6.07) is 10.2. The maximum absolute atomic E-state index is 12.2. The normalized spacial score (nSPS) is 21.2. The molecule has 1 aromatic carbocycles. The third-order valence-electron chi connectivity index (χ3n) is 4.62. The Bertz CT molecular complexity index is 703. The molecule has 2 aromatic rings. The lowest BCUT2D eigenvalue weighted by molar-refractivity contribution is -0.129. The number of hydrogen-bond donors (Lipinski definition) is 2. The molecule has 0 radical (unpaired) electrons. The molecule has 1 atom stereocenters. The molecule has 7 nitrogen and oxygen atoms in total. The summed E-state index contributed by atoms with van der Waals surface area (Å²) in [5, 5.41) is 21.4. The fraction of sp³-hybridized carbons (Fsp3) is 0.500. The summed E-state index contributed by atoms with van der Waals surface area (Å²) in [5.74, 6) is 0.529. The molecule has 0 saturated carbocycles. The van der Waals surface area contributed by atoms with Gasteiger partial charge in [-0.1, -0.05) is 30.3 Å². The highest BCUT2D eigenvalue weighted by Crippen LogP contribution is 2.25. The van der Waals surface area contributed by atoms with Gasteiger partial charge in [-0.25, -0.2) is 0 Å². The van der Waals surface area contributed by atoms with Gasteiger partial charge < -0.3 is 15.0 Å². The van der Waals surface area contributed by atoms with Gasteiger partial charge in [-0.05, 0) is 24.9 Å². The summed E-state index contributed by atoms with van der Waals surface area (Å²) in [4.78, 5) is 14.5. The maximum Gasteiger partial charge on any atom is 0.223 e. The molecule has 25 heavy (non-hydrogen) atoms. The van der Waals surface area contributed by atoms with Gasteiger partial charge in [0.15, 0.2) is 5.82 Å². The number of benzene rings is 1. The number of piperidine rings is 1. The fourth-order valence-corrected chi connectivity index (χ4v) is 3.33. The van der Waals surface area contributed by atoms with Crippen LogP contribution in [-0.4, -0.2) is 49.4 Å². The van der Waals surface area contributed by atoms with Crippen LogP contribution in [0.25, 0.3) is 0 Å². The van der Waals surface area contributed by atoms with Crippen molar-refractivity contribution in [2.45, 2.75) is 38.0 Å². The molecule has 3 rings (SSSR count). The molecule has 1 saturated heterocycles. The average Bonchev–Trinajstić information content (AvgIpc) is 2.99. The zero-order valence-corrected chi connectivity index (χ0v) is 14.6. The number of nitrogens with zero attached hydrogens (tertiary/aromatic N) is 4. The van der Waals surface area contributed by atoms with E-state index in [1.165, 1.54) is 5.56 Å². The van der Waals surface area contributed by atoms with E-state index in [2.05, 4.69) is 32.5 Å². The second-order valence-electron chi connectivity index (χ2n) is 6.84. The Balaban J connectivity index is 1.51. The van der Waals surface area contributed by atoms with Gasteiger partial charge in [0.1, 0.15) is 6.33 Å². The van der Waals surface area contributed by atoms with E-state index in [0.717, 1.165) is 19.5 Å². The van der Waals surface area contributed by atoms with Crippen LogP contribution in [0.3, 0.4) is 0 Å². The Labute approximate surface area is 147 Å². The van der Waals surface area contributed by atoms with E-state index in [4.69, 9.17) is 0 Å². The smallest absolute Gasteiger partial charge is 0.223 e.